The van der Waals surface area contributed by atoms with E-state index in [0.717, 1.165) is 0 Å². The molecule has 3 rings (SSSR count). The average Bonchev–Trinajstić information content (AvgIpc) is 2.93. The van der Waals surface area contributed by atoms with Crippen LogP contribution in [-0.4, -0.2) is 21.1 Å². The third kappa shape index (κ3) is 2.42. The molecule has 0 unspecified atom stereocenters. The van der Waals surface area contributed by atoms with E-state index >= 15 is 0 Å². The number of hydrogen-bond donors (Lipinski definition) is 2. The highest BCUT2D eigenvalue weighted by molar-refractivity contribution is 6.30. The number of halogens is 1. The van der Waals surface area contributed by atoms with Crippen molar-refractivity contribution >= 4 is 34.2 Å². The molecule has 102 valence electrons. The molecule has 0 fully saturated rings. The fourth-order valence-electron chi connectivity index (χ4n) is 1.98. The zero-order valence-corrected chi connectivity index (χ0v) is 11.3. The number of H-pyrrole nitrogens is 1. The number of nitrogens with zero attached hydrogens (tertiary/aromatic N) is 3. The van der Waals surface area contributed by atoms with Gasteiger partial charge < -0.3 is 5.32 Å². The Bertz CT molecular complexity index is 880. The molecule has 2 heterocycles. The molecule has 2 aromatic heterocycles. The van der Waals surface area contributed by atoms with Crippen LogP contribution in [0.5, 0.6) is 0 Å². The van der Waals surface area contributed by atoms with E-state index in [1.165, 1.54) is 12.3 Å². The van der Waals surface area contributed by atoms with Crippen LogP contribution in [0.4, 0.5) is 5.82 Å². The Morgan fingerprint density at radius 2 is 2.19 bits per heavy atom. The minimum atomic E-state index is -0.392. The molecule has 1 aromatic carbocycles. The van der Waals surface area contributed by atoms with E-state index in [1.807, 2.05) is 18.2 Å². The van der Waals surface area contributed by atoms with Gasteiger partial charge in [0.15, 0.2) is 0 Å². The van der Waals surface area contributed by atoms with Crippen molar-refractivity contribution < 1.29 is 4.79 Å². The van der Waals surface area contributed by atoms with E-state index in [2.05, 4.69) is 20.5 Å². The number of carbonyl (C=O) groups is 1. The van der Waals surface area contributed by atoms with E-state index in [1.54, 1.807) is 12.1 Å². The quantitative estimate of drug-likeness (QED) is 0.711. The zero-order valence-electron chi connectivity index (χ0n) is 10.6. The molecule has 21 heavy (non-hydrogen) atoms. The van der Waals surface area contributed by atoms with Gasteiger partial charge in [0.2, 0.25) is 0 Å². The lowest BCUT2D eigenvalue weighted by Crippen LogP contribution is -2.14. The summed E-state index contributed by atoms with van der Waals surface area (Å²) < 4.78 is 0. The van der Waals surface area contributed by atoms with Gasteiger partial charge in [-0.15, -0.1) is 0 Å². The molecular weight excluding hydrogens is 290 g/mol. The lowest BCUT2D eigenvalue weighted by atomic mass is 10.1. The van der Waals surface area contributed by atoms with E-state index in [0.29, 0.717) is 16.5 Å². The number of benzene rings is 1. The minimum Gasteiger partial charge on any atom is -0.306 e. The van der Waals surface area contributed by atoms with E-state index in [-0.39, 0.29) is 16.5 Å². The van der Waals surface area contributed by atoms with Gasteiger partial charge in [-0.1, -0.05) is 29.8 Å². The summed E-state index contributed by atoms with van der Waals surface area (Å²) in [6.45, 7) is 0. The highest BCUT2D eigenvalue weighted by Gasteiger charge is 2.15. The molecule has 0 saturated carbocycles. The first-order chi connectivity index (χ1) is 10.2. The van der Waals surface area contributed by atoms with Crippen LogP contribution in [0.1, 0.15) is 15.9 Å². The molecule has 0 saturated heterocycles. The zero-order chi connectivity index (χ0) is 14.8. The smallest absolute Gasteiger partial charge is 0.257 e. The predicted octanol–water partition coefficient (Wildman–Crippen LogP) is 2.74. The van der Waals surface area contributed by atoms with E-state index < -0.39 is 5.91 Å². The summed E-state index contributed by atoms with van der Waals surface area (Å²) in [7, 11) is 0. The topological polar surface area (TPSA) is 94.5 Å². The van der Waals surface area contributed by atoms with Crippen molar-refractivity contribution in [1.29, 1.82) is 5.26 Å². The van der Waals surface area contributed by atoms with Gasteiger partial charge in [0, 0.05) is 5.39 Å². The van der Waals surface area contributed by atoms with Crippen LogP contribution in [0.3, 0.4) is 0 Å². The Hall–Kier alpha value is -2.91. The van der Waals surface area contributed by atoms with Crippen molar-refractivity contribution in [3.8, 4) is 6.07 Å². The first kappa shape index (κ1) is 13.1. The number of fused-ring (bicyclic) bond motifs is 1. The largest absolute Gasteiger partial charge is 0.306 e. The first-order valence-electron chi connectivity index (χ1n) is 5.99. The number of nitrogens with one attached hydrogen (secondary N) is 2. The maximum absolute atomic E-state index is 12.4. The molecule has 7 heteroatoms. The Morgan fingerprint density at radius 3 is 3.00 bits per heavy atom. The maximum Gasteiger partial charge on any atom is 0.257 e. The fourth-order valence-corrected chi connectivity index (χ4v) is 2.18. The van der Waals surface area contributed by atoms with Gasteiger partial charge in [0.25, 0.3) is 5.91 Å². The highest BCUT2D eigenvalue weighted by atomic mass is 35.5. The number of para-hydroxylation sites is 1. The first-order valence-corrected chi connectivity index (χ1v) is 6.37. The van der Waals surface area contributed by atoms with Gasteiger partial charge in [-0.3, -0.25) is 9.89 Å². The lowest BCUT2D eigenvalue weighted by Gasteiger charge is -2.07. The van der Waals surface area contributed by atoms with Gasteiger partial charge in [0.1, 0.15) is 22.6 Å². The maximum atomic E-state index is 12.4. The van der Waals surface area contributed by atoms with Crippen molar-refractivity contribution in [2.45, 2.75) is 0 Å². The number of amides is 1. The molecule has 1 amide bonds. The van der Waals surface area contributed by atoms with Gasteiger partial charge in [-0.05, 0) is 12.1 Å². The number of rotatable bonds is 2. The number of nitriles is 1. The Labute approximate surface area is 124 Å². The van der Waals surface area contributed by atoms with Crippen LogP contribution >= 0.6 is 11.6 Å². The second-order valence-electron chi connectivity index (χ2n) is 4.23. The van der Waals surface area contributed by atoms with Crippen molar-refractivity contribution in [2.24, 2.45) is 0 Å². The number of pyridine rings is 1. The standard InChI is InChI=1S/C14H8ClN5O/c15-12-5-10(9-3-1-2-4-11(9)18-12)14(21)19-13-8(6-16)7-17-20-13/h1-5,7H,(H2,17,19,20,21). The number of anilines is 1. The Balaban J connectivity index is 2.04. The molecule has 0 aliphatic heterocycles. The fraction of sp³-hybridized carbons (Fsp3) is 0. The summed E-state index contributed by atoms with van der Waals surface area (Å²) in [4.78, 5) is 16.6. The lowest BCUT2D eigenvalue weighted by molar-refractivity contribution is 0.102. The van der Waals surface area contributed by atoms with Crippen molar-refractivity contribution in [1.82, 2.24) is 15.2 Å². The summed E-state index contributed by atoms with van der Waals surface area (Å²) >= 11 is 5.94. The number of aromatic nitrogens is 3. The SMILES string of the molecule is N#Cc1cn[nH]c1NC(=O)c1cc(Cl)nc2ccccc12. The van der Waals surface area contributed by atoms with Gasteiger partial charge in [-0.25, -0.2) is 4.98 Å². The predicted molar refractivity (Wildman–Crippen MR) is 78.0 cm³/mol. The normalized spacial score (nSPS) is 10.3. The van der Waals surface area contributed by atoms with Crippen molar-refractivity contribution in [3.05, 3.63) is 52.8 Å². The summed E-state index contributed by atoms with van der Waals surface area (Å²) in [5.41, 5.74) is 1.26. The van der Waals surface area contributed by atoms with E-state index in [9.17, 15) is 4.79 Å². The Morgan fingerprint density at radius 1 is 1.38 bits per heavy atom. The minimum absolute atomic E-state index is 0.226. The summed E-state index contributed by atoms with van der Waals surface area (Å²) in [5, 5.41) is 18.7. The molecule has 2 N–H and O–H groups in total. The number of aromatic amines is 1. The van der Waals surface area contributed by atoms with Crippen LogP contribution in [0.15, 0.2) is 36.5 Å². The van der Waals surface area contributed by atoms with Crippen LogP contribution in [-0.2, 0) is 0 Å². The van der Waals surface area contributed by atoms with Crippen LogP contribution < -0.4 is 5.32 Å². The van der Waals surface area contributed by atoms with Crippen LogP contribution in [0.25, 0.3) is 10.9 Å². The van der Waals surface area contributed by atoms with E-state index in [4.69, 9.17) is 16.9 Å². The molecule has 0 bridgehead atoms. The van der Waals surface area contributed by atoms with Crippen LogP contribution in [0, 0.1) is 11.3 Å². The third-order valence-electron chi connectivity index (χ3n) is 2.93. The summed E-state index contributed by atoms with van der Waals surface area (Å²) in [5.74, 6) is -0.143. The van der Waals surface area contributed by atoms with Gasteiger partial charge in [-0.2, -0.15) is 10.4 Å². The second-order valence-corrected chi connectivity index (χ2v) is 4.62. The molecule has 0 spiro atoms. The van der Waals surface area contributed by atoms with Crippen molar-refractivity contribution in [3.63, 3.8) is 0 Å². The van der Waals surface area contributed by atoms with Gasteiger partial charge in [0.05, 0.1) is 17.3 Å². The summed E-state index contributed by atoms with van der Waals surface area (Å²) in [6.07, 6.45) is 1.34. The van der Waals surface area contributed by atoms with Gasteiger partial charge >= 0.3 is 0 Å². The number of carbonyl (C=O) groups excluding carboxylic acids is 1. The molecule has 0 atom stereocenters. The van der Waals surface area contributed by atoms with Crippen LogP contribution in [0.2, 0.25) is 5.15 Å². The highest BCUT2D eigenvalue weighted by Crippen LogP contribution is 2.22. The molecular formula is C14H8ClN5O. The molecule has 6 nitrogen and oxygen atoms in total. The summed E-state index contributed by atoms with van der Waals surface area (Å²) in [6, 6.07) is 10.6. The third-order valence-corrected chi connectivity index (χ3v) is 3.12. The Kier molecular flexibility index (Phi) is 3.26. The average molecular weight is 298 g/mol. The monoisotopic (exact) mass is 297 g/mol. The molecule has 0 aliphatic carbocycles. The second kappa shape index (κ2) is 5.23. The molecule has 3 aromatic rings. The molecule has 0 radical (unpaired) electrons. The number of hydrogen-bond acceptors (Lipinski definition) is 4. The molecule has 0 aliphatic rings. The van der Waals surface area contributed by atoms with Crippen molar-refractivity contribution in [2.75, 3.05) is 5.32 Å².